The van der Waals surface area contributed by atoms with Gasteiger partial charge in [0.15, 0.2) is 0 Å². The maximum Gasteiger partial charge on any atom is 0.257 e. The Morgan fingerprint density at radius 2 is 2.08 bits per heavy atom. The van der Waals surface area contributed by atoms with Gasteiger partial charge in [0, 0.05) is 25.1 Å². The summed E-state index contributed by atoms with van der Waals surface area (Å²) in [5, 5.41) is 8.80. The molecule has 1 saturated heterocycles. The van der Waals surface area contributed by atoms with Gasteiger partial charge in [-0.2, -0.15) is 10.2 Å². The number of aromatic nitrogens is 4. The minimum absolute atomic E-state index is 0.0642. The number of hydrogen-bond donors (Lipinski definition) is 0. The number of hydrogen-bond acceptors (Lipinski definition) is 3. The highest BCUT2D eigenvalue weighted by Gasteiger charge is 2.31. The van der Waals surface area contributed by atoms with Gasteiger partial charge in [-0.3, -0.25) is 9.48 Å². The molecule has 4 rings (SSSR count). The molecule has 128 valence electrons. The molecular formula is C19H21N5O. The topological polar surface area (TPSA) is 56.0 Å². The lowest BCUT2D eigenvalue weighted by Crippen LogP contribution is -2.38. The zero-order valence-electron chi connectivity index (χ0n) is 14.2. The molecule has 0 radical (unpaired) electrons. The van der Waals surface area contributed by atoms with Crippen molar-refractivity contribution in [3.63, 3.8) is 0 Å². The average Bonchev–Trinajstić information content (AvgIpc) is 3.37. The van der Waals surface area contributed by atoms with Gasteiger partial charge < -0.3 is 4.90 Å². The summed E-state index contributed by atoms with van der Waals surface area (Å²) in [5.74, 6) is 0.0642. The van der Waals surface area contributed by atoms with E-state index in [2.05, 4.69) is 10.2 Å². The summed E-state index contributed by atoms with van der Waals surface area (Å²) in [6, 6.07) is 12.0. The summed E-state index contributed by atoms with van der Waals surface area (Å²) >= 11 is 0. The zero-order chi connectivity index (χ0) is 17.2. The standard InChI is InChI=1S/C19H21N5O/c1-15-18(14-24(21-15)16-7-3-2-4-8-16)19(25)23-12-5-9-17(23)13-22-11-6-10-20-22/h2-4,6-8,10-11,14,17H,5,9,12-13H2,1H3/t17-/m0/s1. The molecule has 1 amide bonds. The monoisotopic (exact) mass is 335 g/mol. The number of amides is 1. The molecule has 1 aromatic carbocycles. The van der Waals surface area contributed by atoms with E-state index in [0.29, 0.717) is 5.56 Å². The van der Waals surface area contributed by atoms with E-state index in [1.54, 1.807) is 10.9 Å². The Bertz CT molecular complexity index is 853. The minimum atomic E-state index is 0.0642. The molecule has 1 atom stereocenters. The van der Waals surface area contributed by atoms with E-state index in [9.17, 15) is 4.79 Å². The second-order valence-electron chi connectivity index (χ2n) is 6.43. The van der Waals surface area contributed by atoms with Crippen LogP contribution in [0.1, 0.15) is 28.9 Å². The fourth-order valence-electron chi connectivity index (χ4n) is 3.45. The van der Waals surface area contributed by atoms with Crippen molar-refractivity contribution in [2.45, 2.75) is 32.4 Å². The first-order valence-corrected chi connectivity index (χ1v) is 8.62. The molecule has 6 nitrogen and oxygen atoms in total. The van der Waals surface area contributed by atoms with Crippen LogP contribution in [0.2, 0.25) is 0 Å². The van der Waals surface area contributed by atoms with E-state index in [0.717, 1.165) is 37.3 Å². The van der Waals surface area contributed by atoms with E-state index >= 15 is 0 Å². The molecule has 0 saturated carbocycles. The maximum absolute atomic E-state index is 13.1. The van der Waals surface area contributed by atoms with Crippen molar-refractivity contribution in [2.75, 3.05) is 6.54 Å². The van der Waals surface area contributed by atoms with E-state index in [-0.39, 0.29) is 11.9 Å². The molecule has 0 spiro atoms. The quantitative estimate of drug-likeness (QED) is 0.736. The van der Waals surface area contributed by atoms with Crippen molar-refractivity contribution in [3.8, 4) is 5.69 Å². The Hall–Kier alpha value is -2.89. The van der Waals surface area contributed by atoms with Crippen LogP contribution < -0.4 is 0 Å². The van der Waals surface area contributed by atoms with Crippen molar-refractivity contribution in [2.24, 2.45) is 0 Å². The van der Waals surface area contributed by atoms with E-state index in [4.69, 9.17) is 0 Å². The summed E-state index contributed by atoms with van der Waals surface area (Å²) in [6.45, 7) is 3.43. The molecule has 0 aliphatic carbocycles. The summed E-state index contributed by atoms with van der Waals surface area (Å²) in [7, 11) is 0. The van der Waals surface area contributed by atoms with Crippen LogP contribution >= 0.6 is 0 Å². The van der Waals surface area contributed by atoms with Crippen molar-refractivity contribution in [1.82, 2.24) is 24.5 Å². The molecule has 0 bridgehead atoms. The highest BCUT2D eigenvalue weighted by Crippen LogP contribution is 2.23. The van der Waals surface area contributed by atoms with Crippen LogP contribution in [0, 0.1) is 6.92 Å². The SMILES string of the molecule is Cc1nn(-c2ccccc2)cc1C(=O)N1CCC[C@H]1Cn1cccn1. The van der Waals surface area contributed by atoms with Crippen molar-refractivity contribution >= 4 is 5.91 Å². The van der Waals surface area contributed by atoms with Crippen molar-refractivity contribution in [1.29, 1.82) is 0 Å². The van der Waals surface area contributed by atoms with Gasteiger partial charge >= 0.3 is 0 Å². The highest BCUT2D eigenvalue weighted by molar-refractivity contribution is 5.95. The van der Waals surface area contributed by atoms with Crippen LogP contribution in [-0.2, 0) is 6.54 Å². The number of likely N-dealkylation sites (tertiary alicyclic amines) is 1. The zero-order valence-corrected chi connectivity index (χ0v) is 14.2. The Balaban J connectivity index is 1.57. The number of carbonyl (C=O) groups excluding carboxylic acids is 1. The molecule has 6 heteroatoms. The van der Waals surface area contributed by atoms with Gasteiger partial charge in [-0.15, -0.1) is 0 Å². The first-order valence-electron chi connectivity index (χ1n) is 8.62. The van der Waals surface area contributed by atoms with Crippen molar-refractivity contribution < 1.29 is 4.79 Å². The predicted molar refractivity (Wildman–Crippen MR) is 94.6 cm³/mol. The lowest BCUT2D eigenvalue weighted by atomic mass is 10.2. The van der Waals surface area contributed by atoms with Gasteiger partial charge in [0.05, 0.1) is 29.5 Å². The normalized spacial score (nSPS) is 17.2. The summed E-state index contributed by atoms with van der Waals surface area (Å²) in [4.78, 5) is 15.1. The third-order valence-corrected chi connectivity index (χ3v) is 4.75. The second kappa shape index (κ2) is 6.55. The Morgan fingerprint density at radius 1 is 1.24 bits per heavy atom. The van der Waals surface area contributed by atoms with Gasteiger partial charge in [-0.1, -0.05) is 18.2 Å². The average molecular weight is 335 g/mol. The molecule has 0 N–H and O–H groups in total. The molecule has 25 heavy (non-hydrogen) atoms. The molecule has 3 heterocycles. The van der Waals surface area contributed by atoms with Crippen LogP contribution in [0.15, 0.2) is 55.0 Å². The highest BCUT2D eigenvalue weighted by atomic mass is 16.2. The van der Waals surface area contributed by atoms with Gasteiger partial charge in [0.25, 0.3) is 5.91 Å². The number of aryl methyl sites for hydroxylation is 1. The molecule has 1 aliphatic heterocycles. The Morgan fingerprint density at radius 3 is 2.84 bits per heavy atom. The van der Waals surface area contributed by atoms with Crippen LogP contribution in [0.3, 0.4) is 0 Å². The predicted octanol–water partition coefficient (Wildman–Crippen LogP) is 2.68. The first-order chi connectivity index (χ1) is 12.2. The number of benzene rings is 1. The molecule has 0 unspecified atom stereocenters. The maximum atomic E-state index is 13.1. The van der Waals surface area contributed by atoms with Gasteiger partial charge in [-0.25, -0.2) is 4.68 Å². The number of nitrogens with zero attached hydrogens (tertiary/aromatic N) is 5. The molecule has 1 aliphatic rings. The fourth-order valence-corrected chi connectivity index (χ4v) is 3.45. The third-order valence-electron chi connectivity index (χ3n) is 4.75. The lowest BCUT2D eigenvalue weighted by Gasteiger charge is -2.24. The van der Waals surface area contributed by atoms with Crippen LogP contribution in [0.25, 0.3) is 5.69 Å². The molecule has 3 aromatic rings. The Kier molecular flexibility index (Phi) is 4.09. The van der Waals surface area contributed by atoms with Gasteiger partial charge in [-0.05, 0) is 38.0 Å². The van der Waals surface area contributed by atoms with Gasteiger partial charge in [0.2, 0.25) is 0 Å². The van der Waals surface area contributed by atoms with Gasteiger partial charge in [0.1, 0.15) is 0 Å². The fraction of sp³-hybridized carbons (Fsp3) is 0.316. The molecular weight excluding hydrogens is 314 g/mol. The number of rotatable bonds is 4. The number of carbonyl (C=O) groups is 1. The number of para-hydroxylation sites is 1. The smallest absolute Gasteiger partial charge is 0.257 e. The van der Waals surface area contributed by atoms with E-state index in [1.165, 1.54) is 0 Å². The van der Waals surface area contributed by atoms with Crippen LogP contribution in [0.5, 0.6) is 0 Å². The molecule has 2 aromatic heterocycles. The van der Waals surface area contributed by atoms with Crippen LogP contribution in [-0.4, -0.2) is 43.0 Å². The second-order valence-corrected chi connectivity index (χ2v) is 6.43. The minimum Gasteiger partial charge on any atom is -0.334 e. The summed E-state index contributed by atoms with van der Waals surface area (Å²) in [6.07, 6.45) is 7.60. The van der Waals surface area contributed by atoms with Crippen molar-refractivity contribution in [3.05, 3.63) is 66.2 Å². The third kappa shape index (κ3) is 3.07. The first kappa shape index (κ1) is 15.6. The largest absolute Gasteiger partial charge is 0.334 e. The van der Waals surface area contributed by atoms with E-state index < -0.39 is 0 Å². The summed E-state index contributed by atoms with van der Waals surface area (Å²) < 4.78 is 3.68. The molecule has 1 fully saturated rings. The lowest BCUT2D eigenvalue weighted by molar-refractivity contribution is 0.0721. The van der Waals surface area contributed by atoms with Crippen LogP contribution in [0.4, 0.5) is 0 Å². The summed E-state index contributed by atoms with van der Waals surface area (Å²) in [5.41, 5.74) is 2.40. The Labute approximate surface area is 146 Å². The van der Waals surface area contributed by atoms with E-state index in [1.807, 2.05) is 65.3 Å².